The van der Waals surface area contributed by atoms with E-state index in [1.165, 1.54) is 33.3 Å². The van der Waals surface area contributed by atoms with Gasteiger partial charge in [-0.25, -0.2) is 0 Å². The van der Waals surface area contributed by atoms with E-state index in [1.54, 1.807) is 0 Å². The summed E-state index contributed by atoms with van der Waals surface area (Å²) in [5.41, 5.74) is 4.42. The van der Waals surface area contributed by atoms with Crippen LogP contribution in [0, 0.1) is 6.92 Å². The molecule has 2 aromatic carbocycles. The molecule has 4 aromatic rings. The van der Waals surface area contributed by atoms with Crippen molar-refractivity contribution < 1.29 is 4.79 Å². The molecule has 0 amide bonds. The summed E-state index contributed by atoms with van der Waals surface area (Å²) >= 11 is 1.49. The Kier molecular flexibility index (Phi) is 3.31. The Labute approximate surface area is 139 Å². The van der Waals surface area contributed by atoms with Crippen LogP contribution in [-0.2, 0) is 6.54 Å². The highest BCUT2D eigenvalue weighted by molar-refractivity contribution is 7.12. The van der Waals surface area contributed by atoms with Crippen LogP contribution in [0.2, 0.25) is 0 Å². The minimum absolute atomic E-state index is 0.104. The van der Waals surface area contributed by atoms with E-state index in [0.717, 1.165) is 22.4 Å². The number of hydrogen-bond donors (Lipinski definition) is 0. The molecule has 0 aliphatic rings. The van der Waals surface area contributed by atoms with Gasteiger partial charge in [0.1, 0.15) is 0 Å². The van der Waals surface area contributed by atoms with E-state index in [2.05, 4.69) is 42.7 Å². The maximum Gasteiger partial charge on any atom is 0.202 e. The smallest absolute Gasteiger partial charge is 0.202 e. The first-order valence-electron chi connectivity index (χ1n) is 7.80. The quantitative estimate of drug-likeness (QED) is 0.462. The third kappa shape index (κ3) is 2.20. The van der Waals surface area contributed by atoms with Gasteiger partial charge >= 0.3 is 0 Å². The summed E-state index contributed by atoms with van der Waals surface area (Å²) in [5, 5.41) is 4.33. The predicted octanol–water partition coefficient (Wildman–Crippen LogP) is 5.42. The fraction of sp³-hybridized carbons (Fsp3) is 0.150. The van der Waals surface area contributed by atoms with Crippen molar-refractivity contribution in [3.8, 4) is 0 Å². The van der Waals surface area contributed by atoms with Crippen molar-refractivity contribution in [1.82, 2.24) is 4.57 Å². The Balaban J connectivity index is 1.99. The Morgan fingerprint density at radius 3 is 2.48 bits per heavy atom. The molecule has 2 aromatic heterocycles. The molecule has 0 spiro atoms. The third-order valence-electron chi connectivity index (χ3n) is 4.34. The molecule has 0 radical (unpaired) electrons. The topological polar surface area (TPSA) is 22.0 Å². The maximum absolute atomic E-state index is 12.6. The van der Waals surface area contributed by atoms with Gasteiger partial charge in [-0.05, 0) is 55.6 Å². The van der Waals surface area contributed by atoms with Crippen molar-refractivity contribution in [1.29, 1.82) is 0 Å². The summed E-state index contributed by atoms with van der Waals surface area (Å²) in [5.74, 6) is 0.104. The zero-order valence-corrected chi connectivity index (χ0v) is 14.0. The summed E-state index contributed by atoms with van der Waals surface area (Å²) in [6, 6.07) is 16.4. The second-order valence-corrected chi connectivity index (χ2v) is 6.75. The first-order chi connectivity index (χ1) is 11.2. The molecule has 0 atom stereocenters. The van der Waals surface area contributed by atoms with E-state index >= 15 is 0 Å². The van der Waals surface area contributed by atoms with Gasteiger partial charge in [-0.15, -0.1) is 11.3 Å². The highest BCUT2D eigenvalue weighted by Crippen LogP contribution is 2.31. The lowest BCUT2D eigenvalue weighted by Crippen LogP contribution is -1.98. The normalized spacial score (nSPS) is 11.4. The van der Waals surface area contributed by atoms with E-state index < -0.39 is 0 Å². The Bertz CT molecular complexity index is 1020. The van der Waals surface area contributed by atoms with Gasteiger partial charge in [-0.1, -0.05) is 17.7 Å². The van der Waals surface area contributed by atoms with Crippen LogP contribution >= 0.6 is 11.3 Å². The van der Waals surface area contributed by atoms with Crippen LogP contribution in [0.3, 0.4) is 0 Å². The van der Waals surface area contributed by atoms with Gasteiger partial charge in [0.25, 0.3) is 0 Å². The molecule has 23 heavy (non-hydrogen) atoms. The molecule has 4 rings (SSSR count). The van der Waals surface area contributed by atoms with Crippen molar-refractivity contribution in [3.63, 3.8) is 0 Å². The second kappa shape index (κ2) is 5.36. The van der Waals surface area contributed by atoms with Gasteiger partial charge in [-0.3, -0.25) is 4.79 Å². The zero-order chi connectivity index (χ0) is 16.0. The van der Waals surface area contributed by atoms with Crippen LogP contribution in [0.1, 0.15) is 27.7 Å². The molecule has 2 nitrogen and oxygen atoms in total. The number of carbonyl (C=O) groups is 1. The first kappa shape index (κ1) is 14.2. The van der Waals surface area contributed by atoms with Gasteiger partial charge < -0.3 is 4.57 Å². The fourth-order valence-electron chi connectivity index (χ4n) is 3.25. The van der Waals surface area contributed by atoms with E-state index in [1.807, 2.05) is 29.6 Å². The Morgan fingerprint density at radius 1 is 1.04 bits per heavy atom. The number of aryl methyl sites for hydroxylation is 2. The summed E-state index contributed by atoms with van der Waals surface area (Å²) in [6.07, 6.45) is 0. The van der Waals surface area contributed by atoms with Crippen LogP contribution in [0.15, 0.2) is 53.9 Å². The monoisotopic (exact) mass is 319 g/mol. The molecule has 114 valence electrons. The minimum Gasteiger partial charge on any atom is -0.341 e. The number of fused-ring (bicyclic) bond motifs is 3. The van der Waals surface area contributed by atoms with Crippen LogP contribution in [-0.4, -0.2) is 10.4 Å². The van der Waals surface area contributed by atoms with E-state index in [-0.39, 0.29) is 5.78 Å². The second-order valence-electron chi connectivity index (χ2n) is 5.80. The molecular formula is C20H17NOS. The van der Waals surface area contributed by atoms with Crippen LogP contribution in [0.25, 0.3) is 21.8 Å². The predicted molar refractivity (Wildman–Crippen MR) is 97.6 cm³/mol. The summed E-state index contributed by atoms with van der Waals surface area (Å²) in [7, 11) is 0. The van der Waals surface area contributed by atoms with Gasteiger partial charge in [0, 0.05) is 33.9 Å². The fourth-order valence-corrected chi connectivity index (χ4v) is 3.94. The summed E-state index contributed by atoms with van der Waals surface area (Å²) < 4.78 is 2.31. The van der Waals surface area contributed by atoms with Crippen molar-refractivity contribution in [2.45, 2.75) is 20.4 Å². The lowest BCUT2D eigenvalue weighted by atomic mass is 10.0. The highest BCUT2D eigenvalue weighted by Gasteiger charge is 2.14. The van der Waals surface area contributed by atoms with Crippen molar-refractivity contribution in [2.24, 2.45) is 0 Å². The average molecular weight is 319 g/mol. The molecule has 0 saturated carbocycles. The molecule has 0 bridgehead atoms. The average Bonchev–Trinajstić information content (AvgIpc) is 3.19. The lowest BCUT2D eigenvalue weighted by molar-refractivity contribution is 0.104. The molecule has 3 heteroatoms. The molecule has 2 heterocycles. The number of nitrogens with zero attached hydrogens (tertiary/aromatic N) is 1. The molecule has 0 fully saturated rings. The Morgan fingerprint density at radius 2 is 1.78 bits per heavy atom. The van der Waals surface area contributed by atoms with Crippen molar-refractivity contribution >= 4 is 38.9 Å². The van der Waals surface area contributed by atoms with Crippen LogP contribution in [0.5, 0.6) is 0 Å². The SMILES string of the molecule is CCn1c2ccc(C)cc2c2cc(C(=O)c3cccs3)ccc21. The first-order valence-corrected chi connectivity index (χ1v) is 8.68. The van der Waals surface area contributed by atoms with Gasteiger partial charge in [-0.2, -0.15) is 0 Å². The largest absolute Gasteiger partial charge is 0.341 e. The number of carbonyl (C=O) groups excluding carboxylic acids is 1. The van der Waals surface area contributed by atoms with Crippen LogP contribution < -0.4 is 0 Å². The summed E-state index contributed by atoms with van der Waals surface area (Å²) in [6.45, 7) is 5.18. The highest BCUT2D eigenvalue weighted by atomic mass is 32.1. The molecule has 0 aliphatic heterocycles. The molecule has 0 saturated heterocycles. The third-order valence-corrected chi connectivity index (χ3v) is 5.21. The van der Waals surface area contributed by atoms with Gasteiger partial charge in [0.05, 0.1) is 4.88 Å². The number of ketones is 1. The van der Waals surface area contributed by atoms with E-state index in [0.29, 0.717) is 0 Å². The summed E-state index contributed by atoms with van der Waals surface area (Å²) in [4.78, 5) is 13.4. The molecule has 0 aliphatic carbocycles. The van der Waals surface area contributed by atoms with E-state index in [9.17, 15) is 4.79 Å². The van der Waals surface area contributed by atoms with Crippen molar-refractivity contribution in [2.75, 3.05) is 0 Å². The number of aromatic nitrogens is 1. The number of rotatable bonds is 3. The minimum atomic E-state index is 0.104. The number of thiophene rings is 1. The molecular weight excluding hydrogens is 302 g/mol. The molecule has 0 unspecified atom stereocenters. The van der Waals surface area contributed by atoms with Crippen LogP contribution in [0.4, 0.5) is 0 Å². The number of benzene rings is 2. The van der Waals surface area contributed by atoms with Crippen molar-refractivity contribution in [3.05, 3.63) is 69.9 Å². The maximum atomic E-state index is 12.6. The zero-order valence-electron chi connectivity index (χ0n) is 13.2. The van der Waals surface area contributed by atoms with Gasteiger partial charge in [0.2, 0.25) is 5.78 Å². The standard InChI is InChI=1S/C20H17NOS/c1-3-21-17-8-6-13(2)11-15(17)16-12-14(7-9-18(16)21)20(22)19-5-4-10-23-19/h4-12H,3H2,1-2H3. The number of hydrogen-bond acceptors (Lipinski definition) is 2. The Hall–Kier alpha value is -2.39. The van der Waals surface area contributed by atoms with E-state index in [4.69, 9.17) is 0 Å². The molecule has 0 N–H and O–H groups in total. The van der Waals surface area contributed by atoms with Gasteiger partial charge in [0.15, 0.2) is 0 Å². The lowest BCUT2D eigenvalue weighted by Gasteiger charge is -2.03.